The van der Waals surface area contributed by atoms with E-state index in [2.05, 4.69) is 0 Å². The zero-order valence-corrected chi connectivity index (χ0v) is 4.15. The van der Waals surface area contributed by atoms with E-state index in [-0.39, 0.29) is 22.9 Å². The van der Waals surface area contributed by atoms with Crippen molar-refractivity contribution >= 4 is 5.78 Å². The van der Waals surface area contributed by atoms with Crippen LogP contribution in [-0.4, -0.2) is 5.78 Å². The third-order valence-corrected chi connectivity index (χ3v) is 0. The van der Waals surface area contributed by atoms with Gasteiger partial charge < -0.3 is 4.79 Å². The average molecular weight is 122 g/mol. The third-order valence-electron chi connectivity index (χ3n) is 0. The Hall–Kier alpha value is 0.189. The van der Waals surface area contributed by atoms with Crippen molar-refractivity contribution in [2.45, 2.75) is 13.8 Å². The summed E-state index contributed by atoms with van der Waals surface area (Å²) in [5.74, 6) is 0.167. The van der Waals surface area contributed by atoms with Gasteiger partial charge in [-0.2, -0.15) is 0 Å². The molecule has 0 aromatic carbocycles. The molecular weight excluding hydrogens is 116 g/mol. The van der Waals surface area contributed by atoms with E-state index in [9.17, 15) is 4.79 Å². The summed E-state index contributed by atoms with van der Waals surface area (Å²) in [5.41, 5.74) is 0. The summed E-state index contributed by atoms with van der Waals surface area (Å²) in [7, 11) is 0. The molecule has 0 aromatic rings. The van der Waals surface area contributed by atoms with Crippen LogP contribution in [0.15, 0.2) is 0 Å². The molecule has 0 N–H and O–H groups in total. The Balaban J connectivity index is 0. The molecule has 0 saturated heterocycles. The van der Waals surface area contributed by atoms with Gasteiger partial charge >= 0.3 is 17.1 Å². The molecule has 0 aliphatic heterocycles. The van der Waals surface area contributed by atoms with E-state index in [1.54, 1.807) is 0 Å². The van der Waals surface area contributed by atoms with Crippen LogP contribution in [0.3, 0.4) is 0 Å². The van der Waals surface area contributed by atoms with Gasteiger partial charge in [0.2, 0.25) is 0 Å². The zero-order valence-electron chi connectivity index (χ0n) is 3.21. The van der Waals surface area contributed by atoms with Gasteiger partial charge in [0.05, 0.1) is 0 Å². The molecule has 5 heavy (non-hydrogen) atoms. The molecular formula is C3H6CuO+. The molecule has 34 valence electrons. The number of carbonyl (C=O) groups excluding carboxylic acids is 1. The van der Waals surface area contributed by atoms with Crippen LogP contribution in [0.4, 0.5) is 0 Å². The van der Waals surface area contributed by atoms with Crippen molar-refractivity contribution in [1.82, 2.24) is 0 Å². The van der Waals surface area contributed by atoms with Crippen LogP contribution in [0.5, 0.6) is 0 Å². The molecule has 0 rings (SSSR count). The number of hydrogen-bond acceptors (Lipinski definition) is 1. The van der Waals surface area contributed by atoms with Crippen LogP contribution < -0.4 is 0 Å². The molecule has 0 bridgehead atoms. The Kier molecular flexibility index (Phi) is 7.50. The Morgan fingerprint density at radius 3 is 1.40 bits per heavy atom. The van der Waals surface area contributed by atoms with Crippen molar-refractivity contribution in [3.05, 3.63) is 0 Å². The number of carbonyl (C=O) groups is 1. The van der Waals surface area contributed by atoms with Crippen LogP contribution >= 0.6 is 0 Å². The fraction of sp³-hybridized carbons (Fsp3) is 0.667. The number of hydrogen-bond donors (Lipinski definition) is 0. The summed E-state index contributed by atoms with van der Waals surface area (Å²) in [6.45, 7) is 3.06. The van der Waals surface area contributed by atoms with Gasteiger partial charge in [0.1, 0.15) is 5.78 Å². The summed E-state index contributed by atoms with van der Waals surface area (Å²) >= 11 is 0. The van der Waals surface area contributed by atoms with E-state index in [0.717, 1.165) is 0 Å². The van der Waals surface area contributed by atoms with Crippen LogP contribution in [0.1, 0.15) is 13.8 Å². The largest absolute Gasteiger partial charge is 1.00 e. The minimum atomic E-state index is 0. The number of Topliss-reactive ketones (excluding diaryl/α,β-unsaturated/α-hetero) is 1. The SMILES string of the molecule is CC(C)=O.[Cu+]. The number of ketones is 1. The molecule has 0 fully saturated rings. The maximum atomic E-state index is 9.44. The molecule has 0 unspecified atom stereocenters. The van der Waals surface area contributed by atoms with E-state index < -0.39 is 0 Å². The zero-order chi connectivity index (χ0) is 3.58. The van der Waals surface area contributed by atoms with E-state index in [1.165, 1.54) is 13.8 Å². The first-order valence-corrected chi connectivity index (χ1v) is 1.20. The van der Waals surface area contributed by atoms with Crippen molar-refractivity contribution < 1.29 is 21.9 Å². The minimum Gasteiger partial charge on any atom is -0.300 e. The molecule has 0 atom stereocenters. The second kappa shape index (κ2) is 4.19. The van der Waals surface area contributed by atoms with Gasteiger partial charge in [-0.25, -0.2) is 0 Å². The van der Waals surface area contributed by atoms with Crippen molar-refractivity contribution in [1.29, 1.82) is 0 Å². The second-order valence-electron chi connectivity index (χ2n) is 0.908. The van der Waals surface area contributed by atoms with E-state index >= 15 is 0 Å². The van der Waals surface area contributed by atoms with Crippen molar-refractivity contribution in [3.63, 3.8) is 0 Å². The second-order valence-corrected chi connectivity index (χ2v) is 0.908. The Labute approximate surface area is 42.2 Å². The Morgan fingerprint density at radius 2 is 1.40 bits per heavy atom. The monoisotopic (exact) mass is 121 g/mol. The first kappa shape index (κ1) is 8.95. The molecule has 0 saturated carbocycles. The molecule has 0 heterocycles. The third kappa shape index (κ3) is 559. The first-order valence-electron chi connectivity index (χ1n) is 1.20. The van der Waals surface area contributed by atoms with E-state index in [1.807, 2.05) is 0 Å². The summed E-state index contributed by atoms with van der Waals surface area (Å²) in [6, 6.07) is 0. The molecule has 0 aromatic heterocycles. The van der Waals surface area contributed by atoms with Gasteiger partial charge in [-0.15, -0.1) is 0 Å². The molecule has 0 aliphatic carbocycles. The molecule has 0 amide bonds. The topological polar surface area (TPSA) is 17.1 Å². The quantitative estimate of drug-likeness (QED) is 0.429. The van der Waals surface area contributed by atoms with Gasteiger partial charge in [0, 0.05) is 0 Å². The maximum Gasteiger partial charge on any atom is 1.00 e. The van der Waals surface area contributed by atoms with E-state index in [0.29, 0.717) is 0 Å². The fourth-order valence-corrected chi connectivity index (χ4v) is 0. The van der Waals surface area contributed by atoms with Crippen molar-refractivity contribution in [3.8, 4) is 0 Å². The molecule has 0 spiro atoms. The van der Waals surface area contributed by atoms with Gasteiger partial charge in [-0.1, -0.05) is 0 Å². The smallest absolute Gasteiger partial charge is 0.300 e. The van der Waals surface area contributed by atoms with Gasteiger partial charge in [-0.05, 0) is 13.8 Å². The predicted octanol–water partition coefficient (Wildman–Crippen LogP) is 0.593. The molecule has 0 radical (unpaired) electrons. The molecule has 0 aliphatic rings. The normalized spacial score (nSPS) is 5.20. The molecule has 1 nitrogen and oxygen atoms in total. The molecule has 2 heteroatoms. The van der Waals surface area contributed by atoms with Crippen LogP contribution in [0.2, 0.25) is 0 Å². The summed E-state index contributed by atoms with van der Waals surface area (Å²) in [5, 5.41) is 0. The first-order chi connectivity index (χ1) is 1.73. The average Bonchev–Trinajstić information content (AvgIpc) is 0.811. The maximum absolute atomic E-state index is 9.44. The van der Waals surface area contributed by atoms with Crippen LogP contribution in [-0.2, 0) is 21.9 Å². The Morgan fingerprint density at radius 1 is 1.40 bits per heavy atom. The summed E-state index contributed by atoms with van der Waals surface area (Å²) in [6.07, 6.45) is 0. The van der Waals surface area contributed by atoms with Gasteiger partial charge in [0.15, 0.2) is 0 Å². The summed E-state index contributed by atoms with van der Waals surface area (Å²) in [4.78, 5) is 9.44. The number of rotatable bonds is 0. The standard InChI is InChI=1S/C3H6O.Cu/c1-3(2)4;/h1-2H3;/q;+1. The fourth-order valence-electron chi connectivity index (χ4n) is 0. The Bertz CT molecular complexity index is 29.9. The van der Waals surface area contributed by atoms with Crippen LogP contribution in [0.25, 0.3) is 0 Å². The predicted molar refractivity (Wildman–Crippen MR) is 16.4 cm³/mol. The van der Waals surface area contributed by atoms with Crippen LogP contribution in [0, 0.1) is 0 Å². The van der Waals surface area contributed by atoms with Gasteiger partial charge in [-0.3, -0.25) is 0 Å². The van der Waals surface area contributed by atoms with Crippen molar-refractivity contribution in [2.75, 3.05) is 0 Å². The minimum absolute atomic E-state index is 0. The summed E-state index contributed by atoms with van der Waals surface area (Å²) < 4.78 is 0. The van der Waals surface area contributed by atoms with E-state index in [4.69, 9.17) is 0 Å². The van der Waals surface area contributed by atoms with Gasteiger partial charge in [0.25, 0.3) is 0 Å². The van der Waals surface area contributed by atoms with Crippen molar-refractivity contribution in [2.24, 2.45) is 0 Å².